The third kappa shape index (κ3) is 5.84. The highest BCUT2D eigenvalue weighted by atomic mass is 16.5. The summed E-state index contributed by atoms with van der Waals surface area (Å²) in [7, 11) is 0. The lowest BCUT2D eigenvalue weighted by atomic mass is 9.85. The number of hydrogen-bond acceptors (Lipinski definition) is 5. The summed E-state index contributed by atoms with van der Waals surface area (Å²) in [5.74, 6) is 0.0893. The molecule has 0 aromatic heterocycles. The molecule has 2 aromatic carbocycles. The van der Waals surface area contributed by atoms with Gasteiger partial charge in [-0.3, -0.25) is 4.79 Å². The number of esters is 2. The molecule has 28 heavy (non-hydrogen) atoms. The first kappa shape index (κ1) is 21.5. The van der Waals surface area contributed by atoms with E-state index in [-0.39, 0.29) is 18.5 Å². The minimum absolute atomic E-state index is 0.228. The summed E-state index contributed by atoms with van der Waals surface area (Å²) in [6, 6.07) is 14.9. The lowest BCUT2D eigenvalue weighted by molar-refractivity contribution is -0.153. The Bertz CT molecular complexity index is 796. The third-order valence-corrected chi connectivity index (χ3v) is 4.28. The topological polar surface area (TPSA) is 61.8 Å². The van der Waals surface area contributed by atoms with Gasteiger partial charge in [-0.25, -0.2) is 4.79 Å². The zero-order chi connectivity index (χ0) is 20.6. The maximum Gasteiger partial charge on any atom is 0.338 e. The van der Waals surface area contributed by atoms with Crippen LogP contribution in [0.25, 0.3) is 0 Å². The Balaban J connectivity index is 2.26. The highest BCUT2D eigenvalue weighted by molar-refractivity contribution is 5.91. The molecule has 0 amide bonds. The quantitative estimate of drug-likeness (QED) is 0.593. The van der Waals surface area contributed by atoms with Gasteiger partial charge in [0, 0.05) is 5.56 Å². The van der Waals surface area contributed by atoms with E-state index >= 15 is 0 Å². The van der Waals surface area contributed by atoms with Crippen LogP contribution in [-0.4, -0.2) is 25.2 Å². The van der Waals surface area contributed by atoms with E-state index in [4.69, 9.17) is 14.2 Å². The van der Waals surface area contributed by atoms with Crippen molar-refractivity contribution in [2.75, 3.05) is 13.2 Å². The molecule has 0 fully saturated rings. The number of hydrogen-bond donors (Lipinski definition) is 0. The largest absolute Gasteiger partial charge is 0.489 e. The lowest BCUT2D eigenvalue weighted by Gasteiger charge is -2.23. The van der Waals surface area contributed by atoms with Crippen LogP contribution in [0.4, 0.5) is 0 Å². The van der Waals surface area contributed by atoms with Crippen LogP contribution in [0.3, 0.4) is 0 Å². The first-order chi connectivity index (χ1) is 13.4. The van der Waals surface area contributed by atoms with Crippen LogP contribution in [-0.2, 0) is 27.3 Å². The van der Waals surface area contributed by atoms with Crippen molar-refractivity contribution in [1.29, 1.82) is 0 Å². The molecule has 0 saturated heterocycles. The maximum absolute atomic E-state index is 12.3. The fourth-order valence-corrected chi connectivity index (χ4v) is 2.87. The summed E-state index contributed by atoms with van der Waals surface area (Å²) in [4.78, 5) is 24.5. The minimum Gasteiger partial charge on any atom is -0.489 e. The molecule has 2 aromatic rings. The summed E-state index contributed by atoms with van der Waals surface area (Å²) in [5.41, 5.74) is 1.45. The van der Waals surface area contributed by atoms with Gasteiger partial charge >= 0.3 is 11.9 Å². The van der Waals surface area contributed by atoms with Gasteiger partial charge < -0.3 is 14.2 Å². The number of benzene rings is 2. The number of carbonyl (C=O) groups is 2. The molecule has 0 spiro atoms. The van der Waals surface area contributed by atoms with Crippen molar-refractivity contribution >= 4 is 11.9 Å². The van der Waals surface area contributed by atoms with E-state index in [2.05, 4.69) is 0 Å². The van der Waals surface area contributed by atoms with Gasteiger partial charge in [0.2, 0.25) is 0 Å². The number of para-hydroxylation sites is 1. The van der Waals surface area contributed by atoms with Crippen LogP contribution in [0, 0.1) is 5.41 Å². The maximum atomic E-state index is 12.3. The zero-order valence-electron chi connectivity index (χ0n) is 17.0. The molecule has 0 heterocycles. The number of carbonyl (C=O) groups excluding carboxylic acids is 2. The standard InChI is InChI=1S/C23H28O5/c1-5-26-21(24)20-13-12-17(15-23(3,4)22(25)27-6-2)14-18(20)16-28-19-10-8-7-9-11-19/h7-14H,5-6,15-16H2,1-4H3. The summed E-state index contributed by atoms with van der Waals surface area (Å²) in [6.07, 6.45) is 0.493. The third-order valence-electron chi connectivity index (χ3n) is 4.28. The van der Waals surface area contributed by atoms with Crippen molar-refractivity contribution in [2.24, 2.45) is 5.41 Å². The van der Waals surface area contributed by atoms with Gasteiger partial charge in [0.15, 0.2) is 0 Å². The van der Waals surface area contributed by atoms with Gasteiger partial charge in [0.25, 0.3) is 0 Å². The number of ether oxygens (including phenoxy) is 3. The smallest absolute Gasteiger partial charge is 0.338 e. The summed E-state index contributed by atoms with van der Waals surface area (Å²) in [5, 5.41) is 0. The molecular weight excluding hydrogens is 356 g/mol. The summed E-state index contributed by atoms with van der Waals surface area (Å²) >= 11 is 0. The van der Waals surface area contributed by atoms with Gasteiger partial charge in [-0.05, 0) is 57.9 Å². The normalized spacial score (nSPS) is 11.0. The molecule has 5 nitrogen and oxygen atoms in total. The van der Waals surface area contributed by atoms with Gasteiger partial charge in [-0.15, -0.1) is 0 Å². The molecule has 0 radical (unpaired) electrons. The Hall–Kier alpha value is -2.82. The van der Waals surface area contributed by atoms with E-state index in [0.717, 1.165) is 16.9 Å². The van der Waals surface area contributed by atoms with E-state index < -0.39 is 5.41 Å². The van der Waals surface area contributed by atoms with E-state index in [9.17, 15) is 9.59 Å². The van der Waals surface area contributed by atoms with E-state index in [0.29, 0.717) is 25.2 Å². The molecule has 0 aliphatic carbocycles. The van der Waals surface area contributed by atoms with Gasteiger partial charge in [-0.2, -0.15) is 0 Å². The van der Waals surface area contributed by atoms with Crippen molar-refractivity contribution in [3.63, 3.8) is 0 Å². The van der Waals surface area contributed by atoms with Gasteiger partial charge in [-0.1, -0.05) is 30.3 Å². The molecule has 2 rings (SSSR count). The van der Waals surface area contributed by atoms with E-state index in [1.54, 1.807) is 19.9 Å². The average Bonchev–Trinajstić information content (AvgIpc) is 2.67. The molecule has 0 bridgehead atoms. The van der Waals surface area contributed by atoms with Crippen molar-refractivity contribution < 1.29 is 23.8 Å². The molecule has 150 valence electrons. The van der Waals surface area contributed by atoms with E-state index in [1.807, 2.05) is 56.3 Å². The fourth-order valence-electron chi connectivity index (χ4n) is 2.87. The first-order valence-corrected chi connectivity index (χ1v) is 9.51. The van der Waals surface area contributed by atoms with Crippen molar-refractivity contribution in [2.45, 2.75) is 40.7 Å². The second-order valence-corrected chi connectivity index (χ2v) is 7.09. The van der Waals surface area contributed by atoms with Crippen molar-refractivity contribution in [3.8, 4) is 5.75 Å². The molecule has 0 saturated carbocycles. The molecule has 0 aliphatic heterocycles. The van der Waals surface area contributed by atoms with Crippen LogP contribution in [0.5, 0.6) is 5.75 Å². The molecule has 0 aliphatic rings. The first-order valence-electron chi connectivity index (χ1n) is 9.51. The molecule has 0 unspecified atom stereocenters. The monoisotopic (exact) mass is 384 g/mol. The van der Waals surface area contributed by atoms with Crippen LogP contribution < -0.4 is 4.74 Å². The molecule has 5 heteroatoms. The average molecular weight is 384 g/mol. The van der Waals surface area contributed by atoms with Crippen molar-refractivity contribution in [3.05, 3.63) is 65.2 Å². The van der Waals surface area contributed by atoms with Crippen LogP contribution in [0.1, 0.15) is 49.2 Å². The second kappa shape index (κ2) is 9.93. The number of rotatable bonds is 9. The van der Waals surface area contributed by atoms with Crippen LogP contribution in [0.2, 0.25) is 0 Å². The Morgan fingerprint density at radius 1 is 0.929 bits per heavy atom. The van der Waals surface area contributed by atoms with Gasteiger partial charge in [0.05, 0.1) is 24.2 Å². The zero-order valence-corrected chi connectivity index (χ0v) is 17.0. The predicted molar refractivity (Wildman–Crippen MR) is 107 cm³/mol. The lowest BCUT2D eigenvalue weighted by Crippen LogP contribution is -2.29. The summed E-state index contributed by atoms with van der Waals surface area (Å²) in [6.45, 7) is 8.14. The van der Waals surface area contributed by atoms with Crippen molar-refractivity contribution in [1.82, 2.24) is 0 Å². The predicted octanol–water partition coefficient (Wildman–Crippen LogP) is 4.57. The van der Waals surface area contributed by atoms with E-state index in [1.165, 1.54) is 0 Å². The minimum atomic E-state index is -0.668. The highest BCUT2D eigenvalue weighted by Crippen LogP contribution is 2.26. The molecule has 0 atom stereocenters. The van der Waals surface area contributed by atoms with Crippen LogP contribution in [0.15, 0.2) is 48.5 Å². The SMILES string of the molecule is CCOC(=O)c1ccc(CC(C)(C)C(=O)OCC)cc1COc1ccccc1. The fraction of sp³-hybridized carbons (Fsp3) is 0.391. The Morgan fingerprint density at radius 2 is 1.61 bits per heavy atom. The molecular formula is C23H28O5. The highest BCUT2D eigenvalue weighted by Gasteiger charge is 2.30. The summed E-state index contributed by atoms with van der Waals surface area (Å²) < 4.78 is 16.2. The Labute approximate surface area is 166 Å². The molecule has 0 N–H and O–H groups in total. The van der Waals surface area contributed by atoms with Crippen LogP contribution >= 0.6 is 0 Å². The van der Waals surface area contributed by atoms with Gasteiger partial charge in [0.1, 0.15) is 12.4 Å². The Morgan fingerprint density at radius 3 is 2.25 bits per heavy atom. The second-order valence-electron chi connectivity index (χ2n) is 7.09. The Kier molecular flexibility index (Phi) is 7.61.